The van der Waals surface area contributed by atoms with Crippen molar-refractivity contribution in [2.45, 2.75) is 40.5 Å². The first-order chi connectivity index (χ1) is 9.81. The fraction of sp³-hybridized carbons (Fsp3) is 0.588. The summed E-state index contributed by atoms with van der Waals surface area (Å²) >= 11 is 3.22. The van der Waals surface area contributed by atoms with Gasteiger partial charge in [0, 0.05) is 17.6 Å². The zero-order valence-corrected chi connectivity index (χ0v) is 14.9. The van der Waals surface area contributed by atoms with Crippen molar-refractivity contribution in [1.82, 2.24) is 4.90 Å². The molecule has 1 aromatic carbocycles. The molecule has 0 unspecified atom stereocenters. The highest BCUT2D eigenvalue weighted by molar-refractivity contribution is 9.10. The third-order valence-corrected chi connectivity index (χ3v) is 3.89. The Labute approximate surface area is 135 Å². The van der Waals surface area contributed by atoms with Crippen LogP contribution < -0.4 is 0 Å². The number of rotatable bonds is 7. The molecule has 0 heterocycles. The molecule has 0 aliphatic carbocycles. The first kappa shape index (κ1) is 18.1. The van der Waals surface area contributed by atoms with E-state index in [0.717, 1.165) is 12.8 Å². The van der Waals surface area contributed by atoms with E-state index in [4.69, 9.17) is 0 Å². The minimum Gasteiger partial charge on any atom is -0.339 e. The Morgan fingerprint density at radius 2 is 1.67 bits per heavy atom. The minimum absolute atomic E-state index is 0.158. The lowest BCUT2D eigenvalue weighted by Crippen LogP contribution is -2.34. The summed E-state index contributed by atoms with van der Waals surface area (Å²) in [4.78, 5) is 14.4. The van der Waals surface area contributed by atoms with Crippen LogP contribution in [0.1, 0.15) is 50.9 Å². The van der Waals surface area contributed by atoms with E-state index in [1.54, 1.807) is 17.0 Å². The fourth-order valence-electron chi connectivity index (χ4n) is 1.98. The normalized spacial score (nSPS) is 11.2. The molecule has 1 rings (SSSR count). The quantitative estimate of drug-likeness (QED) is 0.662. The number of benzene rings is 1. The first-order valence-corrected chi connectivity index (χ1v) is 8.35. The standard InChI is InChI=1S/C17H25BrFNO/c1-12(2)7-9-20(10-8-13(3)4)17(21)15-6-5-14(18)11-16(15)19/h5-6,11-13H,7-10H2,1-4H3. The van der Waals surface area contributed by atoms with E-state index in [2.05, 4.69) is 43.6 Å². The van der Waals surface area contributed by atoms with E-state index in [1.165, 1.54) is 6.07 Å². The smallest absolute Gasteiger partial charge is 0.256 e. The van der Waals surface area contributed by atoms with E-state index in [9.17, 15) is 9.18 Å². The minimum atomic E-state index is -0.464. The van der Waals surface area contributed by atoms with Gasteiger partial charge in [0.1, 0.15) is 5.82 Å². The topological polar surface area (TPSA) is 20.3 Å². The summed E-state index contributed by atoms with van der Waals surface area (Å²) in [7, 11) is 0. The number of carbonyl (C=O) groups excluding carboxylic acids is 1. The van der Waals surface area contributed by atoms with E-state index in [-0.39, 0.29) is 11.5 Å². The molecule has 21 heavy (non-hydrogen) atoms. The van der Waals surface area contributed by atoms with Crippen molar-refractivity contribution in [3.8, 4) is 0 Å². The summed E-state index contributed by atoms with van der Waals surface area (Å²) in [6.45, 7) is 9.88. The van der Waals surface area contributed by atoms with Crippen molar-refractivity contribution >= 4 is 21.8 Å². The third kappa shape index (κ3) is 6.16. The second kappa shape index (κ2) is 8.52. The lowest BCUT2D eigenvalue weighted by Gasteiger charge is -2.25. The van der Waals surface area contributed by atoms with E-state index < -0.39 is 5.82 Å². The van der Waals surface area contributed by atoms with E-state index in [1.807, 2.05) is 0 Å². The Balaban J connectivity index is 2.86. The van der Waals surface area contributed by atoms with Crippen LogP contribution >= 0.6 is 15.9 Å². The van der Waals surface area contributed by atoms with Crippen molar-refractivity contribution in [3.63, 3.8) is 0 Å². The number of nitrogens with zero attached hydrogens (tertiary/aromatic N) is 1. The zero-order chi connectivity index (χ0) is 16.0. The van der Waals surface area contributed by atoms with Gasteiger partial charge in [-0.15, -0.1) is 0 Å². The van der Waals surface area contributed by atoms with Crippen LogP contribution in [0, 0.1) is 17.7 Å². The fourth-order valence-corrected chi connectivity index (χ4v) is 2.31. The summed E-state index contributed by atoms with van der Waals surface area (Å²) in [6.07, 6.45) is 1.87. The highest BCUT2D eigenvalue weighted by Gasteiger charge is 2.19. The Hall–Kier alpha value is -0.900. The third-order valence-electron chi connectivity index (χ3n) is 3.40. The molecule has 0 spiro atoms. The van der Waals surface area contributed by atoms with E-state index >= 15 is 0 Å². The molecular formula is C17H25BrFNO. The molecule has 0 aliphatic rings. The van der Waals surface area contributed by atoms with Crippen molar-refractivity contribution in [2.24, 2.45) is 11.8 Å². The molecule has 0 aromatic heterocycles. The molecular weight excluding hydrogens is 333 g/mol. The molecule has 0 atom stereocenters. The van der Waals surface area contributed by atoms with Crippen LogP contribution in [0.5, 0.6) is 0 Å². The second-order valence-electron chi connectivity index (χ2n) is 6.28. The SMILES string of the molecule is CC(C)CCN(CCC(C)C)C(=O)c1ccc(Br)cc1F. The summed E-state index contributed by atoms with van der Waals surface area (Å²) in [5.74, 6) is 0.373. The number of carbonyl (C=O) groups is 1. The molecule has 0 bridgehead atoms. The van der Waals surface area contributed by atoms with Gasteiger partial charge in [-0.2, -0.15) is 0 Å². The average molecular weight is 358 g/mol. The molecule has 0 radical (unpaired) electrons. The molecule has 1 amide bonds. The van der Waals surface area contributed by atoms with Crippen LogP contribution in [0.25, 0.3) is 0 Å². The average Bonchev–Trinajstić information content (AvgIpc) is 2.37. The first-order valence-electron chi connectivity index (χ1n) is 7.55. The Kier molecular flexibility index (Phi) is 7.36. The van der Waals surface area contributed by atoms with Crippen molar-refractivity contribution in [1.29, 1.82) is 0 Å². The molecule has 0 saturated heterocycles. The maximum atomic E-state index is 14.0. The van der Waals surface area contributed by atoms with Gasteiger partial charge in [0.15, 0.2) is 0 Å². The van der Waals surface area contributed by atoms with E-state index in [0.29, 0.717) is 29.4 Å². The molecule has 118 valence electrons. The van der Waals surface area contributed by atoms with Crippen LogP contribution in [0.3, 0.4) is 0 Å². The number of hydrogen-bond donors (Lipinski definition) is 0. The Bertz CT molecular complexity index is 462. The summed E-state index contributed by atoms with van der Waals surface area (Å²) in [6, 6.07) is 4.61. The van der Waals surface area contributed by atoms with Crippen molar-refractivity contribution in [3.05, 3.63) is 34.1 Å². The predicted octanol–water partition coefficient (Wildman–Crippen LogP) is 5.12. The molecule has 0 N–H and O–H groups in total. The highest BCUT2D eigenvalue weighted by atomic mass is 79.9. The maximum absolute atomic E-state index is 14.0. The van der Waals surface area contributed by atoms with Gasteiger partial charge in [0.2, 0.25) is 0 Å². The molecule has 1 aromatic rings. The van der Waals surface area contributed by atoms with Gasteiger partial charge in [-0.05, 0) is 42.9 Å². The summed E-state index contributed by atoms with van der Waals surface area (Å²) in [5, 5.41) is 0. The maximum Gasteiger partial charge on any atom is 0.256 e. The van der Waals surface area contributed by atoms with Crippen LogP contribution in [-0.4, -0.2) is 23.9 Å². The monoisotopic (exact) mass is 357 g/mol. The molecule has 4 heteroatoms. The van der Waals surface area contributed by atoms with Gasteiger partial charge in [0.05, 0.1) is 5.56 Å². The largest absolute Gasteiger partial charge is 0.339 e. The van der Waals surface area contributed by atoms with Gasteiger partial charge in [-0.25, -0.2) is 4.39 Å². The van der Waals surface area contributed by atoms with Gasteiger partial charge >= 0.3 is 0 Å². The van der Waals surface area contributed by atoms with Crippen molar-refractivity contribution < 1.29 is 9.18 Å². The van der Waals surface area contributed by atoms with Gasteiger partial charge in [-0.1, -0.05) is 43.6 Å². The van der Waals surface area contributed by atoms with Crippen LogP contribution in [0.2, 0.25) is 0 Å². The highest BCUT2D eigenvalue weighted by Crippen LogP contribution is 2.18. The molecule has 0 aliphatic heterocycles. The number of halogens is 2. The van der Waals surface area contributed by atoms with Crippen molar-refractivity contribution in [2.75, 3.05) is 13.1 Å². The summed E-state index contributed by atoms with van der Waals surface area (Å²) < 4.78 is 14.6. The number of hydrogen-bond acceptors (Lipinski definition) is 1. The Morgan fingerprint density at radius 1 is 1.14 bits per heavy atom. The lowest BCUT2D eigenvalue weighted by molar-refractivity contribution is 0.0736. The van der Waals surface area contributed by atoms with Gasteiger partial charge < -0.3 is 4.90 Å². The predicted molar refractivity (Wildman–Crippen MR) is 88.9 cm³/mol. The van der Waals surface area contributed by atoms with Crippen LogP contribution in [0.4, 0.5) is 4.39 Å². The zero-order valence-electron chi connectivity index (χ0n) is 13.3. The molecule has 0 fully saturated rings. The molecule has 2 nitrogen and oxygen atoms in total. The Morgan fingerprint density at radius 3 is 2.10 bits per heavy atom. The van der Waals surface area contributed by atoms with Crippen LogP contribution in [0.15, 0.2) is 22.7 Å². The summed E-state index contributed by atoms with van der Waals surface area (Å²) in [5.41, 5.74) is 0.158. The van der Waals surface area contributed by atoms with Gasteiger partial charge in [0.25, 0.3) is 5.91 Å². The second-order valence-corrected chi connectivity index (χ2v) is 7.20. The van der Waals surface area contributed by atoms with Crippen LogP contribution in [-0.2, 0) is 0 Å². The molecule has 0 saturated carbocycles. The lowest BCUT2D eigenvalue weighted by atomic mass is 10.1. The van der Waals surface area contributed by atoms with Gasteiger partial charge in [-0.3, -0.25) is 4.79 Å². The number of amides is 1.